The summed E-state index contributed by atoms with van der Waals surface area (Å²) in [5, 5.41) is 24.6. The number of nitrogens with one attached hydrogen (secondary N) is 1. The Morgan fingerprint density at radius 2 is 1.88 bits per heavy atom. The largest absolute Gasteiger partial charge is 0.449 e. The minimum Gasteiger partial charge on any atom is -0.449 e. The van der Waals surface area contributed by atoms with Gasteiger partial charge in [0.15, 0.2) is 5.89 Å². The standard InChI is InChI=1S/C27H40N2O5/c1-16-9-8-10-17(2)25(32)19(4)26(33)27(6,7)23(30)14-24(31)29-22(12-11-16)18(3)13-21-15-34-20(5)28-21/h8-9,11,13,15,17,19,22-23,25,30,32H,10,12,14H2,1-7H3,(H,29,31)/b9-8+,16-11-,18-13+/t17-,19+,22-,23-,25-/m0/s1. The number of rotatable bonds is 2. The SMILES string of the molecule is CC1=C/C[C@@H](/C(C)=C/c2coc(C)n2)NC(=O)C[C@H](O)C(C)(C)C(=O)[C@H](C)[C@@H](O)[C@@H](C)C\C=C\1. The number of hydrogen-bond donors (Lipinski definition) is 3. The number of carbonyl (C=O) groups excluding carboxylic acids is 2. The molecule has 0 bridgehead atoms. The molecule has 0 fully saturated rings. The first-order chi connectivity index (χ1) is 15.8. The lowest BCUT2D eigenvalue weighted by Gasteiger charge is -2.34. The molecule has 1 aromatic heterocycles. The molecule has 2 rings (SSSR count). The van der Waals surface area contributed by atoms with E-state index in [4.69, 9.17) is 4.42 Å². The molecule has 0 saturated heterocycles. The van der Waals surface area contributed by atoms with Crippen molar-refractivity contribution in [3.05, 3.63) is 47.2 Å². The topological polar surface area (TPSA) is 113 Å². The second-order valence-electron chi connectivity index (χ2n) is 10.2. The molecule has 34 heavy (non-hydrogen) atoms. The molecular weight excluding hydrogens is 432 g/mol. The maximum atomic E-state index is 13.2. The number of ketones is 1. The van der Waals surface area contributed by atoms with Crippen molar-refractivity contribution < 1.29 is 24.2 Å². The number of hydrogen-bond acceptors (Lipinski definition) is 6. The van der Waals surface area contributed by atoms with E-state index in [0.29, 0.717) is 24.4 Å². The van der Waals surface area contributed by atoms with Gasteiger partial charge in [0.25, 0.3) is 0 Å². The van der Waals surface area contributed by atoms with Crippen LogP contribution in [0.1, 0.15) is 72.4 Å². The van der Waals surface area contributed by atoms with Crippen LogP contribution in [0.2, 0.25) is 0 Å². The van der Waals surface area contributed by atoms with Gasteiger partial charge in [-0.25, -0.2) is 4.98 Å². The smallest absolute Gasteiger partial charge is 0.223 e. The van der Waals surface area contributed by atoms with Crippen LogP contribution < -0.4 is 5.32 Å². The Bertz CT molecular complexity index is 956. The number of aromatic nitrogens is 1. The van der Waals surface area contributed by atoms with E-state index < -0.39 is 23.5 Å². The lowest BCUT2D eigenvalue weighted by Crippen LogP contribution is -2.47. The number of carbonyl (C=O) groups is 2. The Morgan fingerprint density at radius 1 is 1.21 bits per heavy atom. The van der Waals surface area contributed by atoms with E-state index in [-0.39, 0.29) is 30.1 Å². The van der Waals surface area contributed by atoms with Crippen molar-refractivity contribution in [3.63, 3.8) is 0 Å². The Hall–Kier alpha value is -2.51. The molecule has 0 aromatic carbocycles. The zero-order chi connectivity index (χ0) is 25.6. The number of aryl methyl sites for hydroxylation is 1. The predicted octanol–water partition coefficient (Wildman–Crippen LogP) is 4.15. The number of aliphatic hydroxyl groups is 2. The second-order valence-corrected chi connectivity index (χ2v) is 10.2. The first-order valence-corrected chi connectivity index (χ1v) is 12.0. The highest BCUT2D eigenvalue weighted by atomic mass is 16.3. The molecular formula is C27H40N2O5. The quantitative estimate of drug-likeness (QED) is 0.596. The summed E-state index contributed by atoms with van der Waals surface area (Å²) in [5.41, 5.74) is 1.42. The van der Waals surface area contributed by atoms with Gasteiger partial charge in [-0.3, -0.25) is 9.59 Å². The zero-order valence-corrected chi connectivity index (χ0v) is 21.5. The van der Waals surface area contributed by atoms with E-state index >= 15 is 0 Å². The summed E-state index contributed by atoms with van der Waals surface area (Å²) in [6, 6.07) is -0.313. The fourth-order valence-corrected chi connectivity index (χ4v) is 4.20. The third-order valence-electron chi connectivity index (χ3n) is 6.82. The molecule has 3 N–H and O–H groups in total. The second kappa shape index (κ2) is 11.8. The monoisotopic (exact) mass is 472 g/mol. The highest BCUT2D eigenvalue weighted by molar-refractivity contribution is 5.88. The van der Waals surface area contributed by atoms with E-state index in [1.54, 1.807) is 34.0 Å². The van der Waals surface area contributed by atoms with E-state index in [1.807, 2.05) is 45.1 Å². The van der Waals surface area contributed by atoms with Crippen molar-refractivity contribution in [2.45, 2.75) is 86.0 Å². The van der Waals surface area contributed by atoms with Crippen LogP contribution in [0.3, 0.4) is 0 Å². The van der Waals surface area contributed by atoms with Crippen LogP contribution >= 0.6 is 0 Å². The van der Waals surface area contributed by atoms with Crippen molar-refractivity contribution in [1.29, 1.82) is 0 Å². The minimum absolute atomic E-state index is 0.129. The van der Waals surface area contributed by atoms with Crippen LogP contribution in [0.15, 0.2) is 40.1 Å². The van der Waals surface area contributed by atoms with Crippen LogP contribution in [0.25, 0.3) is 6.08 Å². The van der Waals surface area contributed by atoms with Crippen molar-refractivity contribution in [2.75, 3.05) is 0 Å². The molecule has 0 spiro atoms. The number of nitrogens with zero attached hydrogens (tertiary/aromatic N) is 1. The highest BCUT2D eigenvalue weighted by Gasteiger charge is 2.42. The van der Waals surface area contributed by atoms with E-state index in [0.717, 1.165) is 11.1 Å². The van der Waals surface area contributed by atoms with Crippen LogP contribution in [0.5, 0.6) is 0 Å². The van der Waals surface area contributed by atoms with Crippen molar-refractivity contribution in [1.82, 2.24) is 10.3 Å². The third kappa shape index (κ3) is 7.24. The van der Waals surface area contributed by atoms with Crippen LogP contribution in [-0.2, 0) is 9.59 Å². The molecule has 188 valence electrons. The average molecular weight is 473 g/mol. The molecule has 1 amide bonds. The number of Topliss-reactive ketones (excluding diaryl/α,β-unsaturated/α-hetero) is 1. The average Bonchev–Trinajstić information content (AvgIpc) is 3.18. The summed E-state index contributed by atoms with van der Waals surface area (Å²) in [7, 11) is 0. The summed E-state index contributed by atoms with van der Waals surface area (Å²) >= 11 is 0. The molecule has 1 aromatic rings. The highest BCUT2D eigenvalue weighted by Crippen LogP contribution is 2.31. The predicted molar refractivity (Wildman–Crippen MR) is 133 cm³/mol. The van der Waals surface area contributed by atoms with Crippen molar-refractivity contribution >= 4 is 17.8 Å². The Balaban J connectivity index is 2.38. The fraction of sp³-hybridized carbons (Fsp3) is 0.593. The van der Waals surface area contributed by atoms with E-state index in [9.17, 15) is 19.8 Å². The van der Waals surface area contributed by atoms with Gasteiger partial charge in [0.1, 0.15) is 17.7 Å². The summed E-state index contributed by atoms with van der Waals surface area (Å²) < 4.78 is 5.28. The number of amides is 1. The first kappa shape index (κ1) is 27.7. The van der Waals surface area contributed by atoms with Gasteiger partial charge in [0.2, 0.25) is 5.91 Å². The maximum Gasteiger partial charge on any atom is 0.223 e. The first-order valence-electron chi connectivity index (χ1n) is 12.0. The zero-order valence-electron chi connectivity index (χ0n) is 21.5. The van der Waals surface area contributed by atoms with Gasteiger partial charge in [-0.15, -0.1) is 0 Å². The molecule has 1 aliphatic rings. The summed E-state index contributed by atoms with van der Waals surface area (Å²) in [5.74, 6) is -0.836. The number of aliphatic hydroxyl groups excluding tert-OH is 2. The fourth-order valence-electron chi connectivity index (χ4n) is 4.20. The molecule has 0 radical (unpaired) electrons. The van der Waals surface area contributed by atoms with Crippen LogP contribution in [0.4, 0.5) is 0 Å². The van der Waals surface area contributed by atoms with Gasteiger partial charge >= 0.3 is 0 Å². The molecule has 0 saturated carbocycles. The van der Waals surface area contributed by atoms with E-state index in [2.05, 4.69) is 10.3 Å². The lowest BCUT2D eigenvalue weighted by molar-refractivity contribution is -0.143. The summed E-state index contributed by atoms with van der Waals surface area (Å²) in [6.07, 6.45) is 8.41. The number of oxazole rings is 1. The van der Waals surface area contributed by atoms with Gasteiger partial charge < -0.3 is 19.9 Å². The maximum absolute atomic E-state index is 13.2. The molecule has 7 heteroatoms. The van der Waals surface area contributed by atoms with Gasteiger partial charge in [-0.2, -0.15) is 0 Å². The summed E-state index contributed by atoms with van der Waals surface area (Å²) in [6.45, 7) is 12.5. The molecule has 7 nitrogen and oxygen atoms in total. The normalized spacial score (nSPS) is 32.6. The third-order valence-corrected chi connectivity index (χ3v) is 6.82. The van der Waals surface area contributed by atoms with E-state index in [1.165, 1.54) is 0 Å². The van der Waals surface area contributed by atoms with Crippen molar-refractivity contribution in [2.24, 2.45) is 17.3 Å². The van der Waals surface area contributed by atoms with Gasteiger partial charge in [-0.1, -0.05) is 51.5 Å². The Kier molecular flexibility index (Phi) is 9.59. The molecule has 0 unspecified atom stereocenters. The molecule has 5 atom stereocenters. The van der Waals surface area contributed by atoms with Gasteiger partial charge in [0, 0.05) is 12.8 Å². The molecule has 0 aliphatic carbocycles. The van der Waals surface area contributed by atoms with Gasteiger partial charge in [0.05, 0.1) is 30.1 Å². The summed E-state index contributed by atoms with van der Waals surface area (Å²) in [4.78, 5) is 30.4. The molecule has 1 aliphatic heterocycles. The van der Waals surface area contributed by atoms with Crippen LogP contribution in [-0.4, -0.2) is 45.1 Å². The molecule has 2 heterocycles. The van der Waals surface area contributed by atoms with Gasteiger partial charge in [-0.05, 0) is 44.3 Å². The number of allylic oxidation sites excluding steroid dienone is 3. The van der Waals surface area contributed by atoms with Crippen LogP contribution in [0, 0.1) is 24.2 Å². The Morgan fingerprint density at radius 3 is 2.50 bits per heavy atom. The van der Waals surface area contributed by atoms with Crippen molar-refractivity contribution in [3.8, 4) is 0 Å². The minimum atomic E-state index is -1.18. The lowest BCUT2D eigenvalue weighted by atomic mass is 9.73. The Labute approximate surface area is 203 Å².